The van der Waals surface area contributed by atoms with Gasteiger partial charge in [-0.25, -0.2) is 0 Å². The standard InChI is InChI=1S/C16H20N2O3/c1-19-14-9-21-15-13(8-20-16(14)15)18-7-10-6-17-12-5-3-2-4-11(10)12/h2-6,13-18H,7-9H2,1H3/p+1/t13-,14+,15+,16+/m0/s1. The van der Waals surface area contributed by atoms with Crippen LogP contribution in [0, 0.1) is 0 Å². The molecule has 2 aromatic rings. The number of benzene rings is 1. The van der Waals surface area contributed by atoms with E-state index in [4.69, 9.17) is 14.2 Å². The maximum Gasteiger partial charge on any atom is 0.140 e. The Balaban J connectivity index is 1.44. The van der Waals surface area contributed by atoms with E-state index in [0.717, 1.165) is 13.2 Å². The Bertz CT molecular complexity index is 627. The van der Waals surface area contributed by atoms with E-state index in [1.54, 1.807) is 7.11 Å². The number of rotatable bonds is 4. The molecule has 2 aliphatic rings. The van der Waals surface area contributed by atoms with E-state index >= 15 is 0 Å². The predicted octanol–water partition coefficient (Wildman–Crippen LogP) is 0.413. The minimum Gasteiger partial charge on any atom is -0.376 e. The summed E-state index contributed by atoms with van der Waals surface area (Å²) in [4.78, 5) is 3.32. The van der Waals surface area contributed by atoms with Crippen LogP contribution in [0.4, 0.5) is 0 Å². The van der Waals surface area contributed by atoms with Crippen molar-refractivity contribution in [3.63, 3.8) is 0 Å². The van der Waals surface area contributed by atoms with Crippen LogP contribution in [0.2, 0.25) is 0 Å². The molecule has 0 amide bonds. The molecule has 112 valence electrons. The highest BCUT2D eigenvalue weighted by Crippen LogP contribution is 2.27. The fraction of sp³-hybridized carbons (Fsp3) is 0.500. The first-order valence-corrected chi connectivity index (χ1v) is 7.51. The highest BCUT2D eigenvalue weighted by Gasteiger charge is 2.49. The first-order valence-electron chi connectivity index (χ1n) is 7.51. The molecule has 1 aromatic heterocycles. The lowest BCUT2D eigenvalue weighted by Crippen LogP contribution is -2.91. The van der Waals surface area contributed by atoms with Gasteiger partial charge in [0.15, 0.2) is 0 Å². The Hall–Kier alpha value is -1.40. The Morgan fingerprint density at radius 3 is 3.00 bits per heavy atom. The molecule has 4 atom stereocenters. The average Bonchev–Trinajstić information content (AvgIpc) is 3.20. The van der Waals surface area contributed by atoms with E-state index in [9.17, 15) is 0 Å². The summed E-state index contributed by atoms with van der Waals surface area (Å²) < 4.78 is 17.1. The molecule has 3 heterocycles. The average molecular weight is 289 g/mol. The molecule has 0 aliphatic carbocycles. The van der Waals surface area contributed by atoms with Gasteiger partial charge >= 0.3 is 0 Å². The first-order chi connectivity index (χ1) is 10.4. The molecular formula is C16H21N2O3+. The number of nitrogens with one attached hydrogen (secondary N) is 1. The van der Waals surface area contributed by atoms with Gasteiger partial charge in [-0.15, -0.1) is 0 Å². The van der Waals surface area contributed by atoms with Gasteiger partial charge < -0.3 is 24.5 Å². The van der Waals surface area contributed by atoms with Gasteiger partial charge in [-0.05, 0) is 6.07 Å². The van der Waals surface area contributed by atoms with Crippen molar-refractivity contribution < 1.29 is 19.5 Å². The predicted molar refractivity (Wildman–Crippen MR) is 78.0 cm³/mol. The SMILES string of the molecule is CO[C@@H]1CO[C@H]2[C@@H]1OC[C@@H]2[NH2+]Cc1c[nH]c2ccccc12. The first kappa shape index (κ1) is 13.3. The number of ether oxygens (including phenoxy) is 3. The van der Waals surface area contributed by atoms with E-state index in [-0.39, 0.29) is 18.3 Å². The third-order valence-electron chi connectivity index (χ3n) is 4.66. The van der Waals surface area contributed by atoms with E-state index < -0.39 is 0 Å². The second kappa shape index (κ2) is 5.42. The molecule has 4 rings (SSSR count). The van der Waals surface area contributed by atoms with Crippen molar-refractivity contribution in [1.82, 2.24) is 4.98 Å². The van der Waals surface area contributed by atoms with Gasteiger partial charge in [0.25, 0.3) is 0 Å². The number of hydrogen-bond acceptors (Lipinski definition) is 3. The molecule has 0 spiro atoms. The van der Waals surface area contributed by atoms with Crippen molar-refractivity contribution in [2.75, 3.05) is 20.3 Å². The fourth-order valence-electron chi connectivity index (χ4n) is 3.48. The van der Waals surface area contributed by atoms with Crippen LogP contribution in [-0.2, 0) is 20.8 Å². The normalized spacial score (nSPS) is 31.9. The molecule has 0 bridgehead atoms. The Morgan fingerprint density at radius 1 is 1.24 bits per heavy atom. The molecular weight excluding hydrogens is 268 g/mol. The number of aromatic nitrogens is 1. The highest BCUT2D eigenvalue weighted by atomic mass is 16.6. The van der Waals surface area contributed by atoms with Gasteiger partial charge in [0.2, 0.25) is 0 Å². The summed E-state index contributed by atoms with van der Waals surface area (Å²) in [6.07, 6.45) is 2.43. The van der Waals surface area contributed by atoms with Gasteiger partial charge in [0, 0.05) is 29.8 Å². The lowest BCUT2D eigenvalue weighted by molar-refractivity contribution is -0.707. The molecule has 1 aromatic carbocycles. The maximum absolute atomic E-state index is 5.86. The second-order valence-electron chi connectivity index (χ2n) is 5.83. The summed E-state index contributed by atoms with van der Waals surface area (Å²) >= 11 is 0. The number of methoxy groups -OCH3 is 1. The Kier molecular flexibility index (Phi) is 3.43. The van der Waals surface area contributed by atoms with Gasteiger partial charge in [-0.1, -0.05) is 18.2 Å². The van der Waals surface area contributed by atoms with Gasteiger partial charge in [0.1, 0.15) is 37.5 Å². The molecule has 2 saturated heterocycles. The van der Waals surface area contributed by atoms with Crippen LogP contribution in [0.1, 0.15) is 5.56 Å². The van der Waals surface area contributed by atoms with E-state index in [0.29, 0.717) is 12.6 Å². The number of nitrogens with two attached hydrogens (primary N) is 1. The van der Waals surface area contributed by atoms with Gasteiger partial charge in [0.05, 0.1) is 6.61 Å². The smallest absolute Gasteiger partial charge is 0.140 e. The van der Waals surface area contributed by atoms with Crippen molar-refractivity contribution in [1.29, 1.82) is 0 Å². The largest absolute Gasteiger partial charge is 0.376 e. The molecule has 0 radical (unpaired) electrons. The van der Waals surface area contributed by atoms with Crippen LogP contribution in [0.15, 0.2) is 30.5 Å². The minimum atomic E-state index is 0.0847. The Labute approximate surface area is 123 Å². The van der Waals surface area contributed by atoms with Crippen molar-refractivity contribution in [3.8, 4) is 0 Å². The number of para-hydroxylation sites is 1. The number of aromatic amines is 1. The zero-order valence-corrected chi connectivity index (χ0v) is 12.1. The molecule has 5 nitrogen and oxygen atoms in total. The summed E-state index contributed by atoms with van der Waals surface area (Å²) in [5.74, 6) is 0. The molecule has 2 aliphatic heterocycles. The molecule has 2 fully saturated rings. The molecule has 21 heavy (non-hydrogen) atoms. The monoisotopic (exact) mass is 289 g/mol. The maximum atomic E-state index is 5.86. The van der Waals surface area contributed by atoms with Crippen molar-refractivity contribution >= 4 is 10.9 Å². The summed E-state index contributed by atoms with van der Waals surface area (Å²) in [5.41, 5.74) is 2.52. The van der Waals surface area contributed by atoms with Crippen LogP contribution >= 0.6 is 0 Å². The lowest BCUT2D eigenvalue weighted by Gasteiger charge is -2.14. The fourth-order valence-corrected chi connectivity index (χ4v) is 3.48. The summed E-state index contributed by atoms with van der Waals surface area (Å²) in [5, 5.41) is 3.63. The number of hydrogen-bond donors (Lipinski definition) is 2. The van der Waals surface area contributed by atoms with E-state index in [2.05, 4.69) is 40.8 Å². The molecule has 3 N–H and O–H groups in total. The number of H-pyrrole nitrogens is 1. The summed E-state index contributed by atoms with van der Waals surface area (Å²) in [6.45, 7) is 2.31. The lowest BCUT2D eigenvalue weighted by atomic mass is 10.1. The second-order valence-corrected chi connectivity index (χ2v) is 5.83. The minimum absolute atomic E-state index is 0.0847. The van der Waals surface area contributed by atoms with Crippen LogP contribution in [-0.4, -0.2) is 49.7 Å². The number of quaternary nitrogens is 1. The van der Waals surface area contributed by atoms with Gasteiger partial charge in [-0.2, -0.15) is 0 Å². The van der Waals surface area contributed by atoms with Crippen molar-refractivity contribution in [3.05, 3.63) is 36.0 Å². The third-order valence-corrected chi connectivity index (χ3v) is 4.66. The van der Waals surface area contributed by atoms with Crippen LogP contribution in [0.25, 0.3) is 10.9 Å². The Morgan fingerprint density at radius 2 is 2.10 bits per heavy atom. The highest BCUT2D eigenvalue weighted by molar-refractivity contribution is 5.82. The van der Waals surface area contributed by atoms with Crippen molar-refractivity contribution in [2.24, 2.45) is 0 Å². The van der Waals surface area contributed by atoms with E-state index in [1.165, 1.54) is 16.5 Å². The quantitative estimate of drug-likeness (QED) is 0.857. The van der Waals surface area contributed by atoms with Crippen LogP contribution in [0.5, 0.6) is 0 Å². The topological polar surface area (TPSA) is 60.1 Å². The third kappa shape index (κ3) is 2.26. The summed E-state index contributed by atoms with van der Waals surface area (Å²) in [7, 11) is 1.72. The zero-order chi connectivity index (χ0) is 14.2. The van der Waals surface area contributed by atoms with Gasteiger partial charge in [-0.3, -0.25) is 0 Å². The van der Waals surface area contributed by atoms with E-state index in [1.807, 2.05) is 0 Å². The zero-order valence-electron chi connectivity index (χ0n) is 12.1. The van der Waals surface area contributed by atoms with Crippen molar-refractivity contribution in [2.45, 2.75) is 30.9 Å². The molecule has 5 heteroatoms. The van der Waals surface area contributed by atoms with Crippen LogP contribution < -0.4 is 5.32 Å². The summed E-state index contributed by atoms with van der Waals surface area (Å²) in [6, 6.07) is 8.76. The van der Waals surface area contributed by atoms with Crippen LogP contribution in [0.3, 0.4) is 0 Å². The molecule has 0 saturated carbocycles. The number of fused-ring (bicyclic) bond motifs is 2. The molecule has 0 unspecified atom stereocenters.